The van der Waals surface area contributed by atoms with Crippen molar-refractivity contribution in [3.05, 3.63) is 0 Å². The highest BCUT2D eigenvalue weighted by Crippen LogP contribution is 2.25. The van der Waals surface area contributed by atoms with Crippen molar-refractivity contribution >= 4 is 16.0 Å². The molecule has 7 heteroatoms. The summed E-state index contributed by atoms with van der Waals surface area (Å²) >= 11 is 0. The van der Waals surface area contributed by atoms with Gasteiger partial charge >= 0.3 is 0 Å². The van der Waals surface area contributed by atoms with Crippen molar-refractivity contribution in [1.82, 2.24) is 15.4 Å². The Morgan fingerprint density at radius 3 is 2.57 bits per heavy atom. The molecule has 1 fully saturated rings. The van der Waals surface area contributed by atoms with E-state index in [1.54, 1.807) is 0 Å². The summed E-state index contributed by atoms with van der Waals surface area (Å²) in [5.41, 5.74) is 0. The van der Waals surface area contributed by atoms with Gasteiger partial charge in [-0.15, -0.1) is 0 Å². The number of nitrogens with one attached hydrogen (secondary N) is 3. The molecule has 0 aromatic carbocycles. The Hall–Kier alpha value is -0.820. The van der Waals surface area contributed by atoms with E-state index in [9.17, 15) is 8.42 Å². The third kappa shape index (κ3) is 9.81. The first-order valence-electron chi connectivity index (χ1n) is 8.92. The fraction of sp³-hybridized carbons (Fsp3) is 0.938. The molecule has 0 aromatic heterocycles. The van der Waals surface area contributed by atoms with Gasteiger partial charge in [-0.25, -0.2) is 13.1 Å². The SMILES string of the molecule is CCNC(=NCCCC(C)C)NCCS(=O)(=O)NCC1CCC1. The van der Waals surface area contributed by atoms with E-state index in [0.29, 0.717) is 30.9 Å². The van der Waals surface area contributed by atoms with Gasteiger partial charge in [0.25, 0.3) is 0 Å². The van der Waals surface area contributed by atoms with E-state index in [0.717, 1.165) is 38.8 Å². The predicted molar refractivity (Wildman–Crippen MR) is 97.2 cm³/mol. The zero-order valence-electron chi connectivity index (χ0n) is 14.9. The van der Waals surface area contributed by atoms with Crippen LogP contribution >= 0.6 is 0 Å². The van der Waals surface area contributed by atoms with Gasteiger partial charge in [-0.1, -0.05) is 20.3 Å². The minimum Gasteiger partial charge on any atom is -0.357 e. The van der Waals surface area contributed by atoms with Crippen molar-refractivity contribution in [1.29, 1.82) is 0 Å². The van der Waals surface area contributed by atoms with Crippen LogP contribution in [0.2, 0.25) is 0 Å². The van der Waals surface area contributed by atoms with E-state index in [4.69, 9.17) is 0 Å². The van der Waals surface area contributed by atoms with Crippen LogP contribution in [0.1, 0.15) is 52.9 Å². The van der Waals surface area contributed by atoms with Crippen molar-refractivity contribution in [3.63, 3.8) is 0 Å². The molecule has 0 aromatic rings. The van der Waals surface area contributed by atoms with E-state index in [-0.39, 0.29) is 5.75 Å². The maximum absolute atomic E-state index is 11.9. The number of hydrogen-bond acceptors (Lipinski definition) is 3. The molecule has 136 valence electrons. The fourth-order valence-electron chi connectivity index (χ4n) is 2.35. The third-order valence-corrected chi connectivity index (χ3v) is 5.38. The Bertz CT molecular complexity index is 445. The fourth-order valence-corrected chi connectivity index (χ4v) is 3.35. The lowest BCUT2D eigenvalue weighted by atomic mass is 9.86. The van der Waals surface area contributed by atoms with Crippen LogP contribution in [0.4, 0.5) is 0 Å². The highest BCUT2D eigenvalue weighted by molar-refractivity contribution is 7.89. The van der Waals surface area contributed by atoms with Crippen LogP contribution < -0.4 is 15.4 Å². The molecule has 0 radical (unpaired) electrons. The second-order valence-corrected chi connectivity index (χ2v) is 8.61. The summed E-state index contributed by atoms with van der Waals surface area (Å²) in [6.07, 6.45) is 5.73. The molecule has 0 heterocycles. The van der Waals surface area contributed by atoms with Crippen molar-refractivity contribution < 1.29 is 8.42 Å². The van der Waals surface area contributed by atoms with Crippen LogP contribution in [0, 0.1) is 11.8 Å². The molecule has 0 bridgehead atoms. The van der Waals surface area contributed by atoms with Gasteiger partial charge < -0.3 is 10.6 Å². The third-order valence-electron chi connectivity index (χ3n) is 4.03. The van der Waals surface area contributed by atoms with Gasteiger partial charge in [0.2, 0.25) is 10.0 Å². The Labute approximate surface area is 142 Å². The van der Waals surface area contributed by atoms with Crippen LogP contribution in [-0.2, 0) is 10.0 Å². The highest BCUT2D eigenvalue weighted by Gasteiger charge is 2.19. The van der Waals surface area contributed by atoms with Gasteiger partial charge in [0, 0.05) is 26.2 Å². The van der Waals surface area contributed by atoms with Crippen molar-refractivity contribution in [2.45, 2.75) is 52.9 Å². The highest BCUT2D eigenvalue weighted by atomic mass is 32.2. The second-order valence-electron chi connectivity index (χ2n) is 6.69. The zero-order chi connectivity index (χ0) is 17.1. The van der Waals surface area contributed by atoms with Gasteiger partial charge in [0.15, 0.2) is 5.96 Å². The Morgan fingerprint density at radius 2 is 2.00 bits per heavy atom. The number of hydrogen-bond donors (Lipinski definition) is 3. The number of sulfonamides is 1. The number of nitrogens with zero attached hydrogens (tertiary/aromatic N) is 1. The topological polar surface area (TPSA) is 82.6 Å². The lowest BCUT2D eigenvalue weighted by Crippen LogP contribution is -2.42. The Balaban J connectivity index is 2.25. The average molecular weight is 347 g/mol. The van der Waals surface area contributed by atoms with Gasteiger partial charge in [0.05, 0.1) is 5.75 Å². The molecule has 1 rings (SSSR count). The van der Waals surface area contributed by atoms with Gasteiger partial charge in [-0.05, 0) is 44.4 Å². The molecule has 1 saturated carbocycles. The van der Waals surface area contributed by atoms with Gasteiger partial charge in [-0.2, -0.15) is 0 Å². The van der Waals surface area contributed by atoms with E-state index < -0.39 is 10.0 Å². The monoisotopic (exact) mass is 346 g/mol. The van der Waals surface area contributed by atoms with E-state index in [1.165, 1.54) is 6.42 Å². The zero-order valence-corrected chi connectivity index (χ0v) is 15.7. The molecule has 0 unspecified atom stereocenters. The van der Waals surface area contributed by atoms with Crippen molar-refractivity contribution in [3.8, 4) is 0 Å². The Kier molecular flexibility index (Phi) is 9.55. The summed E-state index contributed by atoms with van der Waals surface area (Å²) in [4.78, 5) is 4.48. The number of aliphatic imine (C=N–C) groups is 1. The molecule has 0 amide bonds. The lowest BCUT2D eigenvalue weighted by Gasteiger charge is -2.25. The van der Waals surface area contributed by atoms with Crippen molar-refractivity contribution in [2.24, 2.45) is 16.8 Å². The second kappa shape index (κ2) is 10.9. The summed E-state index contributed by atoms with van der Waals surface area (Å²) in [6.45, 7) is 8.90. The molecule has 0 aliphatic heterocycles. The smallest absolute Gasteiger partial charge is 0.213 e. The molecule has 0 spiro atoms. The standard InChI is InChI=1S/C16H34N4O2S/c1-4-17-16(18-10-6-7-14(2)3)19-11-12-23(21,22)20-13-15-8-5-9-15/h14-15,20H,4-13H2,1-3H3,(H2,17,18,19). The predicted octanol–water partition coefficient (Wildman–Crippen LogP) is 1.70. The molecule has 23 heavy (non-hydrogen) atoms. The molecule has 0 saturated heterocycles. The summed E-state index contributed by atoms with van der Waals surface area (Å²) in [6, 6.07) is 0. The largest absolute Gasteiger partial charge is 0.357 e. The summed E-state index contributed by atoms with van der Waals surface area (Å²) in [7, 11) is -3.20. The lowest BCUT2D eigenvalue weighted by molar-refractivity contribution is 0.316. The minimum absolute atomic E-state index is 0.0795. The number of guanidine groups is 1. The van der Waals surface area contributed by atoms with Crippen LogP contribution in [0.25, 0.3) is 0 Å². The molecular formula is C16H34N4O2S. The maximum Gasteiger partial charge on any atom is 0.213 e. The minimum atomic E-state index is -3.20. The van der Waals surface area contributed by atoms with Gasteiger partial charge in [-0.3, -0.25) is 4.99 Å². The van der Waals surface area contributed by atoms with Crippen LogP contribution in [0.15, 0.2) is 4.99 Å². The van der Waals surface area contributed by atoms with E-state index >= 15 is 0 Å². The average Bonchev–Trinajstić information content (AvgIpc) is 2.41. The van der Waals surface area contributed by atoms with Crippen molar-refractivity contribution in [2.75, 3.05) is 31.9 Å². The summed E-state index contributed by atoms with van der Waals surface area (Å²) < 4.78 is 26.6. The summed E-state index contributed by atoms with van der Waals surface area (Å²) in [5.74, 6) is 2.01. The molecule has 1 aliphatic carbocycles. The van der Waals surface area contributed by atoms with Crippen LogP contribution in [-0.4, -0.2) is 46.3 Å². The molecule has 3 N–H and O–H groups in total. The van der Waals surface area contributed by atoms with E-state index in [1.807, 2.05) is 6.92 Å². The molecule has 6 nitrogen and oxygen atoms in total. The van der Waals surface area contributed by atoms with E-state index in [2.05, 4.69) is 34.2 Å². The van der Waals surface area contributed by atoms with Crippen LogP contribution in [0.3, 0.4) is 0 Å². The quantitative estimate of drug-likeness (QED) is 0.302. The van der Waals surface area contributed by atoms with Gasteiger partial charge in [0.1, 0.15) is 0 Å². The first-order valence-corrected chi connectivity index (χ1v) is 10.6. The molecule has 1 aliphatic rings. The number of rotatable bonds is 11. The summed E-state index contributed by atoms with van der Waals surface area (Å²) in [5, 5.41) is 6.25. The Morgan fingerprint density at radius 1 is 1.26 bits per heavy atom. The first-order chi connectivity index (χ1) is 10.9. The normalized spacial score (nSPS) is 16.4. The maximum atomic E-state index is 11.9. The molecular weight excluding hydrogens is 312 g/mol. The molecule has 0 atom stereocenters. The van der Waals surface area contributed by atoms with Crippen LogP contribution in [0.5, 0.6) is 0 Å². The first kappa shape index (κ1) is 20.2.